The van der Waals surface area contributed by atoms with Crippen molar-refractivity contribution < 1.29 is 23.8 Å². The van der Waals surface area contributed by atoms with Gasteiger partial charge in [-0.1, -0.05) is 6.58 Å². The SMILES string of the molecule is C=CC(=O)OCCCCCCOc1ccc(C(=O)Oc2ccc(C#N)cc2)cc1. The Hall–Kier alpha value is -3.59. The Kier molecular flexibility index (Phi) is 8.97. The second kappa shape index (κ2) is 12.0. The summed E-state index contributed by atoms with van der Waals surface area (Å²) < 4.78 is 15.9. The molecule has 0 aliphatic heterocycles. The lowest BCUT2D eigenvalue weighted by molar-refractivity contribution is -0.137. The van der Waals surface area contributed by atoms with Gasteiger partial charge in [0.1, 0.15) is 11.5 Å². The van der Waals surface area contributed by atoms with E-state index in [1.165, 1.54) is 0 Å². The highest BCUT2D eigenvalue weighted by Gasteiger charge is 2.09. The first-order chi connectivity index (χ1) is 14.1. The Morgan fingerprint density at radius 2 is 1.52 bits per heavy atom. The number of nitrogens with zero attached hydrogens (tertiary/aromatic N) is 1. The summed E-state index contributed by atoms with van der Waals surface area (Å²) in [4.78, 5) is 23.0. The van der Waals surface area contributed by atoms with Gasteiger partial charge in [0, 0.05) is 6.08 Å². The zero-order chi connectivity index (χ0) is 20.9. The topological polar surface area (TPSA) is 85.6 Å². The van der Waals surface area contributed by atoms with E-state index in [-0.39, 0.29) is 0 Å². The highest BCUT2D eigenvalue weighted by Crippen LogP contribution is 2.17. The lowest BCUT2D eigenvalue weighted by Crippen LogP contribution is -2.08. The van der Waals surface area contributed by atoms with Gasteiger partial charge in [0.05, 0.1) is 30.4 Å². The highest BCUT2D eigenvalue weighted by atomic mass is 16.5. The molecule has 0 aromatic heterocycles. The number of unbranched alkanes of at least 4 members (excludes halogenated alkanes) is 3. The summed E-state index contributed by atoms with van der Waals surface area (Å²) in [6.45, 7) is 4.32. The maximum absolute atomic E-state index is 12.2. The largest absolute Gasteiger partial charge is 0.494 e. The summed E-state index contributed by atoms with van der Waals surface area (Å²) >= 11 is 0. The van der Waals surface area contributed by atoms with Crippen molar-refractivity contribution in [2.75, 3.05) is 13.2 Å². The average Bonchev–Trinajstić information content (AvgIpc) is 2.76. The minimum Gasteiger partial charge on any atom is -0.494 e. The van der Waals surface area contributed by atoms with E-state index in [9.17, 15) is 9.59 Å². The predicted molar refractivity (Wildman–Crippen MR) is 108 cm³/mol. The van der Waals surface area contributed by atoms with E-state index in [1.807, 2.05) is 6.07 Å². The lowest BCUT2D eigenvalue weighted by atomic mass is 10.2. The Balaban J connectivity index is 1.66. The molecule has 2 rings (SSSR count). The Labute approximate surface area is 170 Å². The number of carbonyl (C=O) groups is 2. The van der Waals surface area contributed by atoms with Crippen LogP contribution in [0.5, 0.6) is 11.5 Å². The molecule has 0 amide bonds. The third-order valence-electron chi connectivity index (χ3n) is 4.00. The normalized spacial score (nSPS) is 9.90. The van der Waals surface area contributed by atoms with Crippen LogP contribution in [0.2, 0.25) is 0 Å². The molecule has 0 fully saturated rings. The van der Waals surface area contributed by atoms with E-state index in [2.05, 4.69) is 6.58 Å². The summed E-state index contributed by atoms with van der Waals surface area (Å²) in [5.74, 6) is 0.199. The molecule has 0 spiro atoms. The molecule has 0 atom stereocenters. The molecule has 6 heteroatoms. The van der Waals surface area contributed by atoms with Gasteiger partial charge >= 0.3 is 11.9 Å². The third kappa shape index (κ3) is 7.89. The number of rotatable bonds is 11. The predicted octanol–water partition coefficient (Wildman–Crippen LogP) is 4.45. The maximum atomic E-state index is 12.2. The molecule has 0 radical (unpaired) electrons. The van der Waals surface area contributed by atoms with E-state index >= 15 is 0 Å². The van der Waals surface area contributed by atoms with Gasteiger partial charge in [0.15, 0.2) is 0 Å². The second-order valence-electron chi connectivity index (χ2n) is 6.18. The van der Waals surface area contributed by atoms with Crippen molar-refractivity contribution in [1.82, 2.24) is 0 Å². The fourth-order valence-corrected chi connectivity index (χ4v) is 2.43. The van der Waals surface area contributed by atoms with Gasteiger partial charge in [-0.3, -0.25) is 0 Å². The van der Waals surface area contributed by atoms with Gasteiger partial charge in [-0.25, -0.2) is 9.59 Å². The van der Waals surface area contributed by atoms with Gasteiger partial charge in [0.2, 0.25) is 0 Å². The number of hydrogen-bond donors (Lipinski definition) is 0. The first kappa shape index (κ1) is 21.7. The minimum absolute atomic E-state index is 0.383. The summed E-state index contributed by atoms with van der Waals surface area (Å²) in [6, 6.07) is 15.1. The minimum atomic E-state index is -0.474. The molecular formula is C23H23NO5. The van der Waals surface area contributed by atoms with Crippen molar-refractivity contribution in [2.45, 2.75) is 25.7 Å². The standard InChI is InChI=1S/C23H23NO5/c1-2-22(25)28-16-6-4-3-5-15-27-20-13-9-19(10-14-20)23(26)29-21-11-7-18(17-24)8-12-21/h2,7-14H,1,3-6,15-16H2. The quantitative estimate of drug-likeness (QED) is 0.243. The Morgan fingerprint density at radius 3 is 2.14 bits per heavy atom. The van der Waals surface area contributed by atoms with Crippen LogP contribution in [0.25, 0.3) is 0 Å². The van der Waals surface area contributed by atoms with Crippen molar-refractivity contribution >= 4 is 11.9 Å². The molecule has 2 aromatic rings. The number of ether oxygens (including phenoxy) is 3. The molecule has 29 heavy (non-hydrogen) atoms. The fraction of sp³-hybridized carbons (Fsp3) is 0.261. The highest BCUT2D eigenvalue weighted by molar-refractivity contribution is 5.91. The zero-order valence-electron chi connectivity index (χ0n) is 16.1. The monoisotopic (exact) mass is 393 g/mol. The van der Waals surface area contributed by atoms with Crippen LogP contribution in [-0.4, -0.2) is 25.2 Å². The van der Waals surface area contributed by atoms with Crippen molar-refractivity contribution in [3.8, 4) is 17.6 Å². The van der Waals surface area contributed by atoms with Gasteiger partial charge < -0.3 is 14.2 Å². The Morgan fingerprint density at radius 1 is 0.897 bits per heavy atom. The maximum Gasteiger partial charge on any atom is 0.343 e. The van der Waals surface area contributed by atoms with Crippen molar-refractivity contribution in [3.63, 3.8) is 0 Å². The fourth-order valence-electron chi connectivity index (χ4n) is 2.43. The molecule has 0 heterocycles. The van der Waals surface area contributed by atoms with E-state index in [0.29, 0.717) is 35.8 Å². The van der Waals surface area contributed by atoms with E-state index in [4.69, 9.17) is 19.5 Å². The first-order valence-electron chi connectivity index (χ1n) is 9.37. The molecule has 0 aliphatic carbocycles. The van der Waals surface area contributed by atoms with Crippen molar-refractivity contribution in [2.24, 2.45) is 0 Å². The number of hydrogen-bond acceptors (Lipinski definition) is 6. The van der Waals surface area contributed by atoms with Gasteiger partial charge in [-0.15, -0.1) is 0 Å². The Bertz CT molecular complexity index is 850. The van der Waals surface area contributed by atoms with E-state index in [1.54, 1.807) is 48.5 Å². The first-order valence-corrected chi connectivity index (χ1v) is 9.37. The summed E-state index contributed by atoms with van der Waals surface area (Å²) in [6.07, 6.45) is 4.79. The zero-order valence-corrected chi connectivity index (χ0v) is 16.1. The van der Waals surface area contributed by atoms with Crippen LogP contribution in [0.3, 0.4) is 0 Å². The van der Waals surface area contributed by atoms with E-state index in [0.717, 1.165) is 31.8 Å². The molecule has 2 aromatic carbocycles. The molecule has 0 N–H and O–H groups in total. The molecule has 0 unspecified atom stereocenters. The molecular weight excluding hydrogens is 370 g/mol. The summed E-state index contributed by atoms with van der Waals surface area (Å²) in [7, 11) is 0. The molecule has 0 saturated carbocycles. The van der Waals surface area contributed by atoms with Crippen LogP contribution in [0.15, 0.2) is 61.2 Å². The van der Waals surface area contributed by atoms with Crippen LogP contribution in [0.1, 0.15) is 41.6 Å². The molecule has 150 valence electrons. The van der Waals surface area contributed by atoms with Crippen molar-refractivity contribution in [3.05, 3.63) is 72.3 Å². The number of carbonyl (C=O) groups excluding carboxylic acids is 2. The lowest BCUT2D eigenvalue weighted by Gasteiger charge is -2.08. The summed E-state index contributed by atoms with van der Waals surface area (Å²) in [5, 5.41) is 8.78. The van der Waals surface area contributed by atoms with Crippen LogP contribution in [0, 0.1) is 11.3 Å². The van der Waals surface area contributed by atoms with Crippen LogP contribution in [0.4, 0.5) is 0 Å². The summed E-state index contributed by atoms with van der Waals surface area (Å²) in [5.41, 5.74) is 0.915. The van der Waals surface area contributed by atoms with Gasteiger partial charge in [-0.05, 0) is 74.2 Å². The smallest absolute Gasteiger partial charge is 0.343 e. The van der Waals surface area contributed by atoms with Crippen LogP contribution < -0.4 is 9.47 Å². The number of benzene rings is 2. The molecule has 0 aliphatic rings. The van der Waals surface area contributed by atoms with Crippen LogP contribution in [-0.2, 0) is 9.53 Å². The van der Waals surface area contributed by atoms with Gasteiger partial charge in [-0.2, -0.15) is 5.26 Å². The average molecular weight is 393 g/mol. The van der Waals surface area contributed by atoms with Crippen LogP contribution >= 0.6 is 0 Å². The molecule has 0 bridgehead atoms. The van der Waals surface area contributed by atoms with Crippen molar-refractivity contribution in [1.29, 1.82) is 5.26 Å². The van der Waals surface area contributed by atoms with E-state index < -0.39 is 11.9 Å². The third-order valence-corrected chi connectivity index (χ3v) is 4.00. The van der Waals surface area contributed by atoms with Gasteiger partial charge in [0.25, 0.3) is 0 Å². The molecule has 0 saturated heterocycles. The second-order valence-corrected chi connectivity index (χ2v) is 6.18. The number of esters is 2. The number of nitriles is 1. The molecule has 6 nitrogen and oxygen atoms in total.